The quantitative estimate of drug-likeness (QED) is 0.420. The summed E-state index contributed by atoms with van der Waals surface area (Å²) >= 11 is 5.24. The van der Waals surface area contributed by atoms with E-state index >= 15 is 0 Å². The minimum Gasteiger partial charge on any atom is -0.361 e. The molecule has 3 rings (SSSR count). The molecule has 0 aromatic heterocycles. The first-order valence-corrected chi connectivity index (χ1v) is 9.76. The van der Waals surface area contributed by atoms with Gasteiger partial charge in [0.15, 0.2) is 5.11 Å². The van der Waals surface area contributed by atoms with Crippen molar-refractivity contribution in [1.29, 1.82) is 0 Å². The Bertz CT molecular complexity index is 684. The maximum absolute atomic E-state index is 12.5. The van der Waals surface area contributed by atoms with Crippen molar-refractivity contribution in [2.75, 3.05) is 26.2 Å². The third-order valence-electron chi connectivity index (χ3n) is 4.91. The van der Waals surface area contributed by atoms with Gasteiger partial charge in [-0.15, -0.1) is 0 Å². The van der Waals surface area contributed by atoms with Gasteiger partial charge in [-0.3, -0.25) is 20.6 Å². The van der Waals surface area contributed by atoms with Crippen LogP contribution >= 0.6 is 12.2 Å². The standard InChI is InChI=1S/C19H27N5OS/c1-14-17(15-8-3-4-9-16(15)21-14)18(25)22-23-19(26)20-10-7-13-24-11-5-2-6-12-24/h3-4,8-9,17H,2,5-7,10-13H2,1H3,(H,22,25)(H2,20,23,26). The van der Waals surface area contributed by atoms with E-state index in [1.54, 1.807) is 0 Å². The number of nitrogens with one attached hydrogen (secondary N) is 3. The lowest BCUT2D eigenvalue weighted by Crippen LogP contribution is -2.49. The van der Waals surface area contributed by atoms with E-state index in [9.17, 15) is 4.79 Å². The summed E-state index contributed by atoms with van der Waals surface area (Å²) in [5.41, 5.74) is 8.10. The highest BCUT2D eigenvalue weighted by Gasteiger charge is 2.30. The van der Waals surface area contributed by atoms with Crippen molar-refractivity contribution in [3.8, 4) is 0 Å². The van der Waals surface area contributed by atoms with Crippen molar-refractivity contribution in [2.24, 2.45) is 4.99 Å². The van der Waals surface area contributed by atoms with Crippen LogP contribution in [0.5, 0.6) is 0 Å². The molecule has 0 spiro atoms. The van der Waals surface area contributed by atoms with E-state index in [-0.39, 0.29) is 11.8 Å². The summed E-state index contributed by atoms with van der Waals surface area (Å²) in [5.74, 6) is -0.505. The molecule has 1 unspecified atom stereocenters. The van der Waals surface area contributed by atoms with Crippen molar-refractivity contribution < 1.29 is 4.79 Å². The molecule has 1 fully saturated rings. The Labute approximate surface area is 160 Å². The highest BCUT2D eigenvalue weighted by molar-refractivity contribution is 7.80. The van der Waals surface area contributed by atoms with E-state index < -0.39 is 0 Å². The molecule has 0 radical (unpaired) electrons. The molecule has 2 heterocycles. The predicted octanol–water partition coefficient (Wildman–Crippen LogP) is 2.25. The number of rotatable bonds is 5. The summed E-state index contributed by atoms with van der Waals surface area (Å²) in [7, 11) is 0. The van der Waals surface area contributed by atoms with Crippen LogP contribution in [0.3, 0.4) is 0 Å². The molecule has 2 aliphatic rings. The van der Waals surface area contributed by atoms with E-state index in [4.69, 9.17) is 12.2 Å². The van der Waals surface area contributed by atoms with E-state index in [2.05, 4.69) is 26.1 Å². The number of para-hydroxylation sites is 1. The lowest BCUT2D eigenvalue weighted by molar-refractivity contribution is -0.121. The number of thiocarbonyl (C=S) groups is 1. The second-order valence-electron chi connectivity index (χ2n) is 6.87. The van der Waals surface area contributed by atoms with Crippen molar-refractivity contribution >= 4 is 34.6 Å². The largest absolute Gasteiger partial charge is 0.361 e. The number of carbonyl (C=O) groups excluding carboxylic acids is 1. The summed E-state index contributed by atoms with van der Waals surface area (Å²) in [4.78, 5) is 19.5. The van der Waals surface area contributed by atoms with Crippen LogP contribution in [0.15, 0.2) is 29.3 Å². The molecule has 0 bridgehead atoms. The molecule has 140 valence electrons. The van der Waals surface area contributed by atoms with Crippen LogP contribution in [0.4, 0.5) is 5.69 Å². The number of hydrogen-bond acceptors (Lipinski definition) is 4. The maximum atomic E-state index is 12.5. The Morgan fingerprint density at radius 2 is 2.00 bits per heavy atom. The average molecular weight is 374 g/mol. The van der Waals surface area contributed by atoms with Gasteiger partial charge in [0.1, 0.15) is 5.92 Å². The zero-order valence-corrected chi connectivity index (χ0v) is 16.1. The summed E-state index contributed by atoms with van der Waals surface area (Å²) < 4.78 is 0. The van der Waals surface area contributed by atoms with Gasteiger partial charge in [-0.05, 0) is 69.7 Å². The van der Waals surface area contributed by atoms with Gasteiger partial charge in [-0.2, -0.15) is 0 Å². The van der Waals surface area contributed by atoms with Gasteiger partial charge >= 0.3 is 0 Å². The van der Waals surface area contributed by atoms with E-state index in [1.807, 2.05) is 31.2 Å². The summed E-state index contributed by atoms with van der Waals surface area (Å²) in [6, 6.07) is 7.72. The average Bonchev–Trinajstić information content (AvgIpc) is 3.00. The molecular formula is C19H27N5OS. The smallest absolute Gasteiger partial charge is 0.251 e. The first-order chi connectivity index (χ1) is 12.6. The monoisotopic (exact) mass is 373 g/mol. The van der Waals surface area contributed by atoms with Crippen molar-refractivity contribution in [3.05, 3.63) is 29.8 Å². The van der Waals surface area contributed by atoms with Gasteiger partial charge in [0, 0.05) is 12.3 Å². The molecule has 0 aliphatic carbocycles. The van der Waals surface area contributed by atoms with Crippen molar-refractivity contribution in [3.63, 3.8) is 0 Å². The number of hydrazine groups is 1. The fraction of sp³-hybridized carbons (Fsp3) is 0.526. The SMILES string of the molecule is CC1=Nc2ccccc2C1C(=O)NNC(=S)NCCCN1CCCCC1. The first kappa shape index (κ1) is 18.8. The first-order valence-electron chi connectivity index (χ1n) is 9.35. The Morgan fingerprint density at radius 1 is 1.23 bits per heavy atom. The maximum Gasteiger partial charge on any atom is 0.251 e. The van der Waals surface area contributed by atoms with Gasteiger partial charge in [0.05, 0.1) is 5.69 Å². The van der Waals surface area contributed by atoms with Crippen LogP contribution in [0, 0.1) is 0 Å². The zero-order chi connectivity index (χ0) is 18.4. The highest BCUT2D eigenvalue weighted by atomic mass is 32.1. The highest BCUT2D eigenvalue weighted by Crippen LogP contribution is 2.34. The Morgan fingerprint density at radius 3 is 2.81 bits per heavy atom. The lowest BCUT2D eigenvalue weighted by Gasteiger charge is -2.26. The molecule has 6 nitrogen and oxygen atoms in total. The number of fused-ring (bicyclic) bond motifs is 1. The molecule has 1 atom stereocenters. The third kappa shape index (κ3) is 4.80. The van der Waals surface area contributed by atoms with Crippen molar-refractivity contribution in [2.45, 2.75) is 38.5 Å². The molecule has 1 aromatic rings. The summed E-state index contributed by atoms with van der Waals surface area (Å²) in [6.07, 6.45) is 5.02. The van der Waals surface area contributed by atoms with Crippen LogP contribution in [-0.2, 0) is 4.79 Å². The van der Waals surface area contributed by atoms with Crippen LogP contribution in [0.25, 0.3) is 0 Å². The minimum atomic E-state index is -0.361. The number of carbonyl (C=O) groups is 1. The number of piperidine rings is 1. The number of amides is 1. The van der Waals surface area contributed by atoms with Gasteiger partial charge in [-0.25, -0.2) is 0 Å². The van der Waals surface area contributed by atoms with E-state index in [1.165, 1.54) is 32.4 Å². The Balaban J connectivity index is 1.36. The van der Waals surface area contributed by atoms with Crippen LogP contribution in [0.1, 0.15) is 44.1 Å². The molecule has 1 amide bonds. The van der Waals surface area contributed by atoms with Gasteiger partial charge in [-0.1, -0.05) is 24.6 Å². The molecule has 3 N–H and O–H groups in total. The van der Waals surface area contributed by atoms with E-state index in [0.29, 0.717) is 5.11 Å². The van der Waals surface area contributed by atoms with Crippen LogP contribution in [0.2, 0.25) is 0 Å². The van der Waals surface area contributed by atoms with Crippen LogP contribution in [-0.4, -0.2) is 47.8 Å². The summed E-state index contributed by atoms with van der Waals surface area (Å²) in [6.45, 7) is 6.19. The number of benzene rings is 1. The third-order valence-corrected chi connectivity index (χ3v) is 5.16. The fourth-order valence-electron chi connectivity index (χ4n) is 3.57. The van der Waals surface area contributed by atoms with Gasteiger partial charge in [0.2, 0.25) is 0 Å². The van der Waals surface area contributed by atoms with Gasteiger partial charge < -0.3 is 10.2 Å². The number of hydrogen-bond donors (Lipinski definition) is 3. The van der Waals surface area contributed by atoms with E-state index in [0.717, 1.165) is 36.5 Å². The molecule has 2 aliphatic heterocycles. The number of aliphatic imine (C=N–C) groups is 1. The molecule has 0 saturated carbocycles. The van der Waals surface area contributed by atoms with Crippen LogP contribution < -0.4 is 16.2 Å². The second-order valence-corrected chi connectivity index (χ2v) is 7.28. The Kier molecular flexibility index (Phi) is 6.57. The zero-order valence-electron chi connectivity index (χ0n) is 15.3. The number of nitrogens with zero attached hydrogens (tertiary/aromatic N) is 2. The summed E-state index contributed by atoms with van der Waals surface area (Å²) in [5, 5.41) is 3.59. The molecule has 1 saturated heterocycles. The minimum absolute atomic E-state index is 0.145. The molecule has 26 heavy (non-hydrogen) atoms. The Hall–Kier alpha value is -1.99. The van der Waals surface area contributed by atoms with Gasteiger partial charge in [0.25, 0.3) is 5.91 Å². The second kappa shape index (κ2) is 9.09. The number of likely N-dealkylation sites (tertiary alicyclic amines) is 1. The molecular weight excluding hydrogens is 346 g/mol. The van der Waals surface area contributed by atoms with Crippen molar-refractivity contribution in [1.82, 2.24) is 21.1 Å². The molecule has 7 heteroatoms. The normalized spacial score (nSPS) is 19.4. The topological polar surface area (TPSA) is 68.8 Å². The predicted molar refractivity (Wildman–Crippen MR) is 109 cm³/mol. The fourth-order valence-corrected chi connectivity index (χ4v) is 3.72. The lowest BCUT2D eigenvalue weighted by atomic mass is 9.96. The molecule has 1 aromatic carbocycles.